The average Bonchev–Trinajstić information content (AvgIpc) is 3.48. The van der Waals surface area contributed by atoms with Gasteiger partial charge in [-0.05, 0) is 96.1 Å². The molecule has 0 atom stereocenters. The maximum absolute atomic E-state index is 6.33. The van der Waals surface area contributed by atoms with Crippen molar-refractivity contribution in [1.82, 2.24) is 0 Å². The van der Waals surface area contributed by atoms with Crippen molar-refractivity contribution in [3.8, 4) is 11.1 Å². The molecule has 0 saturated heterocycles. The fourth-order valence-corrected chi connectivity index (χ4v) is 6.13. The van der Waals surface area contributed by atoms with E-state index in [9.17, 15) is 0 Å². The number of hydrogen-bond donors (Lipinski definition) is 0. The van der Waals surface area contributed by atoms with E-state index < -0.39 is 0 Å². The number of nitrogens with zero attached hydrogens (tertiary/aromatic N) is 2. The summed E-state index contributed by atoms with van der Waals surface area (Å²) in [6.45, 7) is 0. The molecule has 7 aromatic carbocycles. The molecular weight excluding hydrogens is 548 g/mol. The number of fused-ring (bicyclic) bond motifs is 3. The molecule has 0 fully saturated rings. The minimum atomic E-state index is 0.881. The lowest BCUT2D eigenvalue weighted by Gasteiger charge is -2.30. The standard InChI is InChI=1S/C42H30N2O/c1-5-15-33(16-6-1)43(34-17-7-2-8-18-34)37-27-32(31-25-26-40-39-23-13-14-24-41(39)45-42(40)29-31)28-38(30-37)44(35-19-9-3-10-20-35)36-21-11-4-12-22-36/h1-30H. The van der Waals surface area contributed by atoms with Crippen LogP contribution in [-0.2, 0) is 0 Å². The molecule has 0 spiro atoms. The zero-order valence-corrected chi connectivity index (χ0v) is 24.6. The molecule has 3 nitrogen and oxygen atoms in total. The summed E-state index contributed by atoms with van der Waals surface area (Å²) in [5, 5.41) is 2.25. The van der Waals surface area contributed by atoms with Gasteiger partial charge in [0.15, 0.2) is 0 Å². The van der Waals surface area contributed by atoms with Crippen LogP contribution in [0.3, 0.4) is 0 Å². The van der Waals surface area contributed by atoms with Gasteiger partial charge in [-0.3, -0.25) is 0 Å². The van der Waals surface area contributed by atoms with E-state index in [0.29, 0.717) is 0 Å². The number of hydrogen-bond acceptors (Lipinski definition) is 3. The van der Waals surface area contributed by atoms with Gasteiger partial charge in [0.1, 0.15) is 11.2 Å². The van der Waals surface area contributed by atoms with Crippen molar-refractivity contribution in [2.75, 3.05) is 9.80 Å². The van der Waals surface area contributed by atoms with E-state index in [2.05, 4.69) is 180 Å². The molecule has 0 saturated carbocycles. The van der Waals surface area contributed by atoms with Crippen LogP contribution >= 0.6 is 0 Å². The summed E-state index contributed by atoms with van der Waals surface area (Å²) in [6.07, 6.45) is 0. The molecule has 8 rings (SSSR count). The summed E-state index contributed by atoms with van der Waals surface area (Å²) < 4.78 is 6.33. The molecule has 0 bridgehead atoms. The molecule has 0 radical (unpaired) electrons. The normalized spacial score (nSPS) is 11.1. The molecule has 1 aromatic heterocycles. The lowest BCUT2D eigenvalue weighted by Crippen LogP contribution is -2.13. The number of benzene rings is 7. The van der Waals surface area contributed by atoms with Gasteiger partial charge in [-0.25, -0.2) is 0 Å². The molecule has 0 amide bonds. The second-order valence-electron chi connectivity index (χ2n) is 11.1. The van der Waals surface area contributed by atoms with Crippen LogP contribution in [0, 0.1) is 0 Å². The van der Waals surface area contributed by atoms with E-state index in [1.165, 1.54) is 0 Å². The molecule has 0 unspecified atom stereocenters. The third-order valence-corrected chi connectivity index (χ3v) is 8.19. The molecule has 8 aromatic rings. The number of rotatable bonds is 7. The Labute approximate surface area is 262 Å². The molecule has 1 heterocycles. The largest absolute Gasteiger partial charge is 0.456 e. The van der Waals surface area contributed by atoms with E-state index in [1.54, 1.807) is 0 Å². The van der Waals surface area contributed by atoms with Crippen molar-refractivity contribution in [1.29, 1.82) is 0 Å². The van der Waals surface area contributed by atoms with Gasteiger partial charge in [0.2, 0.25) is 0 Å². The van der Waals surface area contributed by atoms with Gasteiger partial charge >= 0.3 is 0 Å². The van der Waals surface area contributed by atoms with Crippen LogP contribution < -0.4 is 9.80 Å². The lowest BCUT2D eigenvalue weighted by atomic mass is 10.0. The number of para-hydroxylation sites is 5. The van der Waals surface area contributed by atoms with Crippen molar-refractivity contribution >= 4 is 56.1 Å². The number of anilines is 6. The van der Waals surface area contributed by atoms with E-state index in [1.807, 2.05) is 12.1 Å². The molecule has 0 aliphatic heterocycles. The van der Waals surface area contributed by atoms with Gasteiger partial charge in [-0.1, -0.05) is 97.1 Å². The summed E-state index contributed by atoms with van der Waals surface area (Å²) >= 11 is 0. The zero-order chi connectivity index (χ0) is 30.0. The second kappa shape index (κ2) is 11.6. The summed E-state index contributed by atoms with van der Waals surface area (Å²) in [5.74, 6) is 0. The third-order valence-electron chi connectivity index (χ3n) is 8.19. The highest BCUT2D eigenvalue weighted by atomic mass is 16.3. The van der Waals surface area contributed by atoms with Gasteiger partial charge in [0.05, 0.1) is 0 Å². The summed E-state index contributed by atoms with van der Waals surface area (Å²) in [7, 11) is 0. The van der Waals surface area contributed by atoms with Crippen LogP contribution in [0.5, 0.6) is 0 Å². The van der Waals surface area contributed by atoms with Crippen LogP contribution in [0.4, 0.5) is 34.1 Å². The Morgan fingerprint density at radius 1 is 0.289 bits per heavy atom. The average molecular weight is 579 g/mol. The molecule has 214 valence electrons. The molecule has 0 aliphatic rings. The highest BCUT2D eigenvalue weighted by Gasteiger charge is 2.19. The minimum Gasteiger partial charge on any atom is -0.456 e. The SMILES string of the molecule is c1ccc(N(c2ccccc2)c2cc(-c3ccc4c(c3)oc3ccccc34)cc(N(c3ccccc3)c3ccccc3)c2)cc1. The third kappa shape index (κ3) is 5.11. The molecule has 45 heavy (non-hydrogen) atoms. The topological polar surface area (TPSA) is 19.6 Å². The van der Waals surface area contributed by atoms with Crippen LogP contribution in [0.15, 0.2) is 186 Å². The minimum absolute atomic E-state index is 0.881. The van der Waals surface area contributed by atoms with Gasteiger partial charge in [0.25, 0.3) is 0 Å². The van der Waals surface area contributed by atoms with Crippen LogP contribution in [0.25, 0.3) is 33.1 Å². The maximum atomic E-state index is 6.33. The molecule has 0 aliphatic carbocycles. The first-order valence-electron chi connectivity index (χ1n) is 15.2. The highest BCUT2D eigenvalue weighted by Crippen LogP contribution is 2.43. The Hall–Kier alpha value is -6.06. The lowest BCUT2D eigenvalue weighted by molar-refractivity contribution is 0.669. The number of furan rings is 1. The fraction of sp³-hybridized carbons (Fsp3) is 0. The van der Waals surface area contributed by atoms with E-state index in [4.69, 9.17) is 4.42 Å². The summed E-state index contributed by atoms with van der Waals surface area (Å²) in [6, 6.07) is 63.8. The first-order chi connectivity index (χ1) is 22.3. The second-order valence-corrected chi connectivity index (χ2v) is 11.1. The van der Waals surface area contributed by atoms with Gasteiger partial charge < -0.3 is 14.2 Å². The summed E-state index contributed by atoms with van der Waals surface area (Å²) in [4.78, 5) is 4.64. The Balaban J connectivity index is 1.38. The monoisotopic (exact) mass is 578 g/mol. The Kier molecular flexibility index (Phi) is 6.82. The van der Waals surface area contributed by atoms with Crippen molar-refractivity contribution in [2.45, 2.75) is 0 Å². The first kappa shape index (κ1) is 26.6. The fourth-order valence-electron chi connectivity index (χ4n) is 6.13. The molecule has 0 N–H and O–H groups in total. The van der Waals surface area contributed by atoms with Gasteiger partial charge in [0, 0.05) is 44.9 Å². The predicted molar refractivity (Wildman–Crippen MR) is 189 cm³/mol. The van der Waals surface area contributed by atoms with Crippen LogP contribution in [0.1, 0.15) is 0 Å². The van der Waals surface area contributed by atoms with Crippen molar-refractivity contribution in [3.05, 3.63) is 182 Å². The molecular formula is C42H30N2O. The van der Waals surface area contributed by atoms with E-state index >= 15 is 0 Å². The van der Waals surface area contributed by atoms with Gasteiger partial charge in [-0.2, -0.15) is 0 Å². The van der Waals surface area contributed by atoms with Crippen LogP contribution in [0.2, 0.25) is 0 Å². The summed E-state index contributed by atoms with van der Waals surface area (Å²) in [5.41, 5.74) is 10.4. The Morgan fingerprint density at radius 3 is 1.20 bits per heavy atom. The van der Waals surface area contributed by atoms with Gasteiger partial charge in [-0.15, -0.1) is 0 Å². The van der Waals surface area contributed by atoms with Crippen molar-refractivity contribution < 1.29 is 4.42 Å². The van der Waals surface area contributed by atoms with E-state index in [0.717, 1.165) is 67.2 Å². The first-order valence-corrected chi connectivity index (χ1v) is 15.2. The van der Waals surface area contributed by atoms with E-state index in [-0.39, 0.29) is 0 Å². The quantitative estimate of drug-likeness (QED) is 0.188. The Bertz CT molecular complexity index is 2030. The van der Waals surface area contributed by atoms with Crippen molar-refractivity contribution in [2.24, 2.45) is 0 Å². The zero-order valence-electron chi connectivity index (χ0n) is 24.6. The maximum Gasteiger partial charge on any atom is 0.136 e. The Morgan fingerprint density at radius 2 is 0.711 bits per heavy atom. The molecule has 3 heteroatoms. The van der Waals surface area contributed by atoms with Crippen molar-refractivity contribution in [3.63, 3.8) is 0 Å². The predicted octanol–water partition coefficient (Wildman–Crippen LogP) is 12.2. The van der Waals surface area contributed by atoms with Crippen LogP contribution in [-0.4, -0.2) is 0 Å². The smallest absolute Gasteiger partial charge is 0.136 e. The highest BCUT2D eigenvalue weighted by molar-refractivity contribution is 6.06.